The molecule has 1 aromatic carbocycles. The molecule has 0 amide bonds. The molecule has 0 bridgehead atoms. The Hall–Kier alpha value is -0.820. The second-order valence-electron chi connectivity index (χ2n) is 5.66. The molecule has 1 unspecified atom stereocenters. The van der Waals surface area contributed by atoms with E-state index in [4.69, 9.17) is 10.5 Å². The highest BCUT2D eigenvalue weighted by molar-refractivity contribution is 7.89. The van der Waals surface area contributed by atoms with E-state index in [1.165, 1.54) is 0 Å². The maximum absolute atomic E-state index is 12.8. The lowest BCUT2D eigenvalue weighted by Gasteiger charge is -2.34. The predicted octanol–water partition coefficient (Wildman–Crippen LogP) is 2.79. The molecule has 0 aliphatic carbocycles. The number of hydrogen-bond donors (Lipinski definition) is 1. The number of rotatable bonds is 7. The second kappa shape index (κ2) is 9.47. The van der Waals surface area contributed by atoms with Crippen molar-refractivity contribution in [2.75, 3.05) is 19.7 Å². The van der Waals surface area contributed by atoms with Crippen LogP contribution in [0.4, 0.5) is 0 Å². The molecule has 0 saturated carbocycles. The minimum atomic E-state index is -3.45. The minimum Gasteiger partial charge on any atom is -0.494 e. The van der Waals surface area contributed by atoms with E-state index in [1.54, 1.807) is 28.6 Å². The molecule has 1 fully saturated rings. The summed E-state index contributed by atoms with van der Waals surface area (Å²) in [6.45, 7) is 3.77. The van der Waals surface area contributed by atoms with Gasteiger partial charge in [-0.3, -0.25) is 0 Å². The van der Waals surface area contributed by atoms with Crippen molar-refractivity contribution >= 4 is 22.4 Å². The molecule has 1 aromatic rings. The molecule has 2 N–H and O–H groups in total. The Kier molecular flexibility index (Phi) is 8.33. The highest BCUT2D eigenvalue weighted by Crippen LogP contribution is 2.27. The van der Waals surface area contributed by atoms with E-state index < -0.39 is 10.0 Å². The molecule has 0 radical (unpaired) electrons. The standard InChI is InChI=1S/C16H26N2O3S.ClH/c1-2-13-21-15-6-8-16(9-7-15)22(19,20)18-12-4-3-5-14(18)10-11-17;/h6-9,14H,2-5,10-13,17H2,1H3;1H. The van der Waals surface area contributed by atoms with Gasteiger partial charge in [-0.1, -0.05) is 13.3 Å². The summed E-state index contributed by atoms with van der Waals surface area (Å²) in [6, 6.07) is 6.75. The van der Waals surface area contributed by atoms with Crippen molar-refractivity contribution < 1.29 is 13.2 Å². The fourth-order valence-corrected chi connectivity index (χ4v) is 4.56. The van der Waals surface area contributed by atoms with Gasteiger partial charge in [-0.15, -0.1) is 12.4 Å². The maximum Gasteiger partial charge on any atom is 0.243 e. The fraction of sp³-hybridized carbons (Fsp3) is 0.625. The molecule has 2 rings (SSSR count). The van der Waals surface area contributed by atoms with Crippen LogP contribution in [0.2, 0.25) is 0 Å². The van der Waals surface area contributed by atoms with Crippen LogP contribution in [-0.4, -0.2) is 38.5 Å². The first-order valence-electron chi connectivity index (χ1n) is 8.04. The van der Waals surface area contributed by atoms with Gasteiger partial charge < -0.3 is 10.5 Å². The van der Waals surface area contributed by atoms with Crippen LogP contribution in [0, 0.1) is 0 Å². The SMILES string of the molecule is CCCOc1ccc(S(=O)(=O)N2CCCCC2CCN)cc1.Cl. The summed E-state index contributed by atoms with van der Waals surface area (Å²) in [4.78, 5) is 0.334. The zero-order chi connectivity index (χ0) is 16.0. The average Bonchev–Trinajstić information content (AvgIpc) is 2.54. The smallest absolute Gasteiger partial charge is 0.243 e. The summed E-state index contributed by atoms with van der Waals surface area (Å²) in [5.41, 5.74) is 5.63. The maximum atomic E-state index is 12.8. The van der Waals surface area contributed by atoms with Crippen molar-refractivity contribution in [3.63, 3.8) is 0 Å². The van der Waals surface area contributed by atoms with Crippen molar-refractivity contribution in [3.8, 4) is 5.75 Å². The Labute approximate surface area is 145 Å². The fourth-order valence-electron chi connectivity index (χ4n) is 2.83. The van der Waals surface area contributed by atoms with Gasteiger partial charge in [0.05, 0.1) is 11.5 Å². The van der Waals surface area contributed by atoms with Crippen molar-refractivity contribution in [1.82, 2.24) is 4.31 Å². The van der Waals surface area contributed by atoms with Gasteiger partial charge in [0.25, 0.3) is 0 Å². The van der Waals surface area contributed by atoms with Crippen LogP contribution < -0.4 is 10.5 Å². The van der Waals surface area contributed by atoms with Gasteiger partial charge in [-0.25, -0.2) is 8.42 Å². The van der Waals surface area contributed by atoms with Crippen LogP contribution in [0.5, 0.6) is 5.75 Å². The van der Waals surface area contributed by atoms with Gasteiger partial charge in [-0.2, -0.15) is 4.31 Å². The van der Waals surface area contributed by atoms with E-state index in [2.05, 4.69) is 0 Å². The molecule has 5 nitrogen and oxygen atoms in total. The summed E-state index contributed by atoms with van der Waals surface area (Å²) in [6.07, 6.45) is 4.53. The Morgan fingerprint density at radius 2 is 1.96 bits per heavy atom. The third-order valence-corrected chi connectivity index (χ3v) is 5.94. The van der Waals surface area contributed by atoms with E-state index in [9.17, 15) is 8.42 Å². The quantitative estimate of drug-likeness (QED) is 0.809. The number of halogens is 1. The van der Waals surface area contributed by atoms with Crippen LogP contribution in [0.3, 0.4) is 0 Å². The van der Waals surface area contributed by atoms with Crippen molar-refractivity contribution in [2.24, 2.45) is 5.73 Å². The third kappa shape index (κ3) is 5.08. The van der Waals surface area contributed by atoms with Crippen molar-refractivity contribution in [3.05, 3.63) is 24.3 Å². The van der Waals surface area contributed by atoms with Gasteiger partial charge in [0.1, 0.15) is 5.75 Å². The molecule has 0 aromatic heterocycles. The van der Waals surface area contributed by atoms with Crippen LogP contribution in [0.15, 0.2) is 29.2 Å². The summed E-state index contributed by atoms with van der Waals surface area (Å²) >= 11 is 0. The van der Waals surface area contributed by atoms with Crippen molar-refractivity contribution in [2.45, 2.75) is 50.0 Å². The monoisotopic (exact) mass is 362 g/mol. The molecule has 23 heavy (non-hydrogen) atoms. The number of benzene rings is 1. The van der Waals surface area contributed by atoms with E-state index in [0.717, 1.165) is 32.1 Å². The lowest BCUT2D eigenvalue weighted by molar-refractivity contribution is 0.243. The Morgan fingerprint density at radius 3 is 2.57 bits per heavy atom. The van der Waals surface area contributed by atoms with E-state index in [1.807, 2.05) is 6.92 Å². The Balaban J connectivity index is 0.00000264. The van der Waals surface area contributed by atoms with Gasteiger partial charge in [0.2, 0.25) is 10.0 Å². The van der Waals surface area contributed by atoms with E-state index in [-0.39, 0.29) is 18.4 Å². The topological polar surface area (TPSA) is 72.6 Å². The van der Waals surface area contributed by atoms with E-state index in [0.29, 0.717) is 30.3 Å². The number of nitrogens with two attached hydrogens (primary N) is 1. The normalized spacial score (nSPS) is 19.1. The van der Waals surface area contributed by atoms with Gasteiger partial charge in [0, 0.05) is 12.6 Å². The molecule has 1 atom stereocenters. The molecule has 7 heteroatoms. The summed E-state index contributed by atoms with van der Waals surface area (Å²) in [5.74, 6) is 0.706. The van der Waals surface area contributed by atoms with Crippen LogP contribution in [0.1, 0.15) is 39.0 Å². The number of hydrogen-bond acceptors (Lipinski definition) is 4. The predicted molar refractivity (Wildman–Crippen MR) is 94.7 cm³/mol. The summed E-state index contributed by atoms with van der Waals surface area (Å²) in [5, 5.41) is 0. The lowest BCUT2D eigenvalue weighted by atomic mass is 10.0. The summed E-state index contributed by atoms with van der Waals surface area (Å²) < 4.78 is 32.8. The summed E-state index contributed by atoms with van der Waals surface area (Å²) in [7, 11) is -3.45. The zero-order valence-electron chi connectivity index (χ0n) is 13.6. The number of piperidine rings is 1. The minimum absolute atomic E-state index is 0. The molecule has 1 aliphatic rings. The number of ether oxygens (including phenoxy) is 1. The number of nitrogens with zero attached hydrogens (tertiary/aromatic N) is 1. The Morgan fingerprint density at radius 1 is 1.26 bits per heavy atom. The highest BCUT2D eigenvalue weighted by atomic mass is 35.5. The molecule has 0 spiro atoms. The molecular formula is C16H27ClN2O3S. The average molecular weight is 363 g/mol. The van der Waals surface area contributed by atoms with Crippen LogP contribution in [-0.2, 0) is 10.0 Å². The van der Waals surface area contributed by atoms with E-state index >= 15 is 0 Å². The molecule has 1 aliphatic heterocycles. The van der Waals surface area contributed by atoms with Crippen LogP contribution >= 0.6 is 12.4 Å². The van der Waals surface area contributed by atoms with Gasteiger partial charge >= 0.3 is 0 Å². The molecule has 132 valence electrons. The second-order valence-corrected chi connectivity index (χ2v) is 7.55. The third-order valence-electron chi connectivity index (χ3n) is 3.98. The highest BCUT2D eigenvalue weighted by Gasteiger charge is 2.32. The Bertz CT molecular complexity index is 561. The first-order chi connectivity index (χ1) is 10.6. The van der Waals surface area contributed by atoms with Crippen molar-refractivity contribution in [1.29, 1.82) is 0 Å². The molecule has 1 heterocycles. The molecule has 1 saturated heterocycles. The first-order valence-corrected chi connectivity index (χ1v) is 9.48. The lowest BCUT2D eigenvalue weighted by Crippen LogP contribution is -2.44. The van der Waals surface area contributed by atoms with Gasteiger partial charge in [0.15, 0.2) is 0 Å². The van der Waals surface area contributed by atoms with Crippen LogP contribution in [0.25, 0.3) is 0 Å². The zero-order valence-corrected chi connectivity index (χ0v) is 15.2. The largest absolute Gasteiger partial charge is 0.494 e. The van der Waals surface area contributed by atoms with Gasteiger partial charge in [-0.05, 0) is 56.5 Å². The first kappa shape index (κ1) is 20.2. The number of sulfonamides is 1. The molecular weight excluding hydrogens is 336 g/mol.